The Labute approximate surface area is 92.4 Å². The van der Waals surface area contributed by atoms with E-state index in [0.29, 0.717) is 6.54 Å². The van der Waals surface area contributed by atoms with Crippen LogP contribution in [0.3, 0.4) is 0 Å². The minimum absolute atomic E-state index is 0.294. The second-order valence-electron chi connectivity index (χ2n) is 3.20. The first-order valence-electron chi connectivity index (χ1n) is 4.63. The van der Waals surface area contributed by atoms with Crippen LogP contribution >= 0.6 is 0 Å². The predicted octanol–water partition coefficient (Wildman–Crippen LogP) is 2.61. The van der Waals surface area contributed by atoms with Crippen molar-refractivity contribution in [2.24, 2.45) is 0 Å². The maximum absolute atomic E-state index is 13.2. The number of urea groups is 1. The summed E-state index contributed by atoms with van der Waals surface area (Å²) in [6.07, 6.45) is 1.51. The molecule has 0 atom stereocenters. The van der Waals surface area contributed by atoms with E-state index in [1.807, 2.05) is 0 Å². The Bertz CT molecular complexity index is 387. The number of para-hydroxylation sites is 1. The van der Waals surface area contributed by atoms with E-state index in [0.717, 1.165) is 12.1 Å². The molecule has 0 saturated heterocycles. The fraction of sp³-hybridized carbons (Fsp3) is 0.182. The van der Waals surface area contributed by atoms with E-state index in [9.17, 15) is 13.6 Å². The van der Waals surface area contributed by atoms with Gasteiger partial charge in [-0.05, 0) is 12.1 Å². The summed E-state index contributed by atoms with van der Waals surface area (Å²) >= 11 is 0. The summed E-state index contributed by atoms with van der Waals surface area (Å²) in [4.78, 5) is 12.7. The lowest BCUT2D eigenvalue weighted by Gasteiger charge is -2.16. The monoisotopic (exact) mass is 226 g/mol. The average molecular weight is 226 g/mol. The number of benzene rings is 1. The molecule has 0 bridgehead atoms. The Morgan fingerprint density at radius 2 is 2.06 bits per heavy atom. The van der Waals surface area contributed by atoms with Crippen molar-refractivity contribution in [2.45, 2.75) is 0 Å². The van der Waals surface area contributed by atoms with E-state index in [-0.39, 0.29) is 0 Å². The third-order valence-corrected chi connectivity index (χ3v) is 1.94. The van der Waals surface area contributed by atoms with E-state index < -0.39 is 23.4 Å². The van der Waals surface area contributed by atoms with E-state index in [1.54, 1.807) is 0 Å². The van der Waals surface area contributed by atoms with Gasteiger partial charge in [0, 0.05) is 13.6 Å². The Hall–Kier alpha value is -1.91. The molecule has 0 aliphatic rings. The summed E-state index contributed by atoms with van der Waals surface area (Å²) in [7, 11) is 1.50. The van der Waals surface area contributed by atoms with Crippen LogP contribution in [-0.4, -0.2) is 24.5 Å². The van der Waals surface area contributed by atoms with Crippen LogP contribution in [0, 0.1) is 11.6 Å². The van der Waals surface area contributed by atoms with Gasteiger partial charge in [0.2, 0.25) is 0 Å². The Kier molecular flexibility index (Phi) is 3.99. The van der Waals surface area contributed by atoms with E-state index in [4.69, 9.17) is 0 Å². The predicted molar refractivity (Wildman–Crippen MR) is 58.2 cm³/mol. The topological polar surface area (TPSA) is 32.3 Å². The third kappa shape index (κ3) is 2.79. The van der Waals surface area contributed by atoms with Gasteiger partial charge in [0.05, 0.1) is 0 Å². The van der Waals surface area contributed by atoms with Gasteiger partial charge in [0.25, 0.3) is 0 Å². The van der Waals surface area contributed by atoms with Crippen molar-refractivity contribution < 1.29 is 13.6 Å². The smallest absolute Gasteiger partial charge is 0.322 e. The highest BCUT2D eigenvalue weighted by atomic mass is 19.1. The molecule has 1 rings (SSSR count). The number of anilines is 1. The van der Waals surface area contributed by atoms with Crippen molar-refractivity contribution in [3.05, 3.63) is 42.5 Å². The minimum Gasteiger partial charge on any atom is -0.324 e. The summed E-state index contributed by atoms with van der Waals surface area (Å²) in [5, 5.41) is 2.15. The van der Waals surface area contributed by atoms with Gasteiger partial charge in [-0.15, -0.1) is 6.58 Å². The van der Waals surface area contributed by atoms with Gasteiger partial charge >= 0.3 is 6.03 Å². The number of amides is 2. The Morgan fingerprint density at radius 1 is 1.50 bits per heavy atom. The molecular weight excluding hydrogens is 214 g/mol. The highest BCUT2D eigenvalue weighted by Gasteiger charge is 2.13. The molecule has 0 saturated carbocycles. The number of carbonyl (C=O) groups is 1. The first-order valence-corrected chi connectivity index (χ1v) is 4.63. The molecule has 0 spiro atoms. The SMILES string of the molecule is C=CCN(C)C(=O)Nc1c(F)cccc1F. The van der Waals surface area contributed by atoms with Gasteiger partial charge in [0.1, 0.15) is 17.3 Å². The zero-order valence-corrected chi connectivity index (χ0v) is 8.84. The molecule has 5 heteroatoms. The van der Waals surface area contributed by atoms with Crippen molar-refractivity contribution in [1.82, 2.24) is 4.90 Å². The first-order chi connectivity index (χ1) is 7.56. The van der Waals surface area contributed by atoms with Crippen LogP contribution in [0.4, 0.5) is 19.3 Å². The maximum Gasteiger partial charge on any atom is 0.322 e. The largest absolute Gasteiger partial charge is 0.324 e. The van der Waals surface area contributed by atoms with E-state index >= 15 is 0 Å². The van der Waals surface area contributed by atoms with Gasteiger partial charge in [-0.3, -0.25) is 0 Å². The van der Waals surface area contributed by atoms with Crippen LogP contribution in [0.2, 0.25) is 0 Å². The molecule has 0 radical (unpaired) electrons. The standard InChI is InChI=1S/C11H12F2N2O/c1-3-7-15(2)11(16)14-10-8(12)5-4-6-9(10)13/h3-6H,1,7H2,2H3,(H,14,16). The zero-order valence-electron chi connectivity index (χ0n) is 8.84. The number of halogens is 2. The summed E-state index contributed by atoms with van der Waals surface area (Å²) in [5.41, 5.74) is -0.441. The highest BCUT2D eigenvalue weighted by Crippen LogP contribution is 2.18. The van der Waals surface area contributed by atoms with E-state index in [1.165, 1.54) is 24.1 Å². The zero-order chi connectivity index (χ0) is 12.1. The van der Waals surface area contributed by atoms with Crippen molar-refractivity contribution in [1.29, 1.82) is 0 Å². The molecule has 0 aliphatic heterocycles. The lowest BCUT2D eigenvalue weighted by Crippen LogP contribution is -2.31. The number of rotatable bonds is 3. The number of hydrogen-bond acceptors (Lipinski definition) is 1. The molecule has 3 nitrogen and oxygen atoms in total. The molecule has 1 aromatic rings. The van der Waals surface area contributed by atoms with Crippen LogP contribution in [0.1, 0.15) is 0 Å². The van der Waals surface area contributed by atoms with Crippen LogP contribution < -0.4 is 5.32 Å². The minimum atomic E-state index is -0.805. The lowest BCUT2D eigenvalue weighted by atomic mass is 10.3. The molecule has 0 aromatic heterocycles. The van der Waals surface area contributed by atoms with Gasteiger partial charge in [-0.2, -0.15) is 0 Å². The van der Waals surface area contributed by atoms with Crippen LogP contribution in [-0.2, 0) is 0 Å². The molecular formula is C11H12F2N2O. The van der Waals surface area contributed by atoms with Crippen LogP contribution in [0.5, 0.6) is 0 Å². The van der Waals surface area contributed by atoms with Gasteiger partial charge < -0.3 is 10.2 Å². The molecule has 0 fully saturated rings. The summed E-state index contributed by atoms with van der Waals surface area (Å²) < 4.78 is 26.3. The number of nitrogens with zero attached hydrogens (tertiary/aromatic N) is 1. The number of carbonyl (C=O) groups excluding carboxylic acids is 1. The van der Waals surface area contributed by atoms with Crippen molar-refractivity contribution in [2.75, 3.05) is 18.9 Å². The molecule has 1 N–H and O–H groups in total. The van der Waals surface area contributed by atoms with E-state index in [2.05, 4.69) is 11.9 Å². The normalized spacial score (nSPS) is 9.69. The number of likely N-dealkylation sites (N-methyl/N-ethyl adjacent to an activating group) is 1. The van der Waals surface area contributed by atoms with Gasteiger partial charge in [0.15, 0.2) is 0 Å². The Balaban J connectivity index is 2.80. The molecule has 1 aromatic carbocycles. The molecule has 0 heterocycles. The summed E-state index contributed by atoms with van der Waals surface area (Å²) in [6.45, 7) is 3.75. The molecule has 0 aliphatic carbocycles. The Morgan fingerprint density at radius 3 is 2.56 bits per heavy atom. The van der Waals surface area contributed by atoms with Crippen molar-refractivity contribution in [3.8, 4) is 0 Å². The second-order valence-corrected chi connectivity index (χ2v) is 3.20. The average Bonchev–Trinajstić information content (AvgIpc) is 2.23. The van der Waals surface area contributed by atoms with Crippen LogP contribution in [0.15, 0.2) is 30.9 Å². The third-order valence-electron chi connectivity index (χ3n) is 1.94. The van der Waals surface area contributed by atoms with Gasteiger partial charge in [-0.1, -0.05) is 12.1 Å². The number of hydrogen-bond donors (Lipinski definition) is 1. The molecule has 16 heavy (non-hydrogen) atoms. The number of nitrogens with one attached hydrogen (secondary N) is 1. The van der Waals surface area contributed by atoms with Crippen molar-refractivity contribution >= 4 is 11.7 Å². The maximum atomic E-state index is 13.2. The molecule has 86 valence electrons. The van der Waals surface area contributed by atoms with Gasteiger partial charge in [-0.25, -0.2) is 13.6 Å². The van der Waals surface area contributed by atoms with Crippen molar-refractivity contribution in [3.63, 3.8) is 0 Å². The fourth-order valence-electron chi connectivity index (χ4n) is 1.10. The van der Waals surface area contributed by atoms with Crippen LogP contribution in [0.25, 0.3) is 0 Å². The first kappa shape index (κ1) is 12.2. The highest BCUT2D eigenvalue weighted by molar-refractivity contribution is 5.89. The second kappa shape index (κ2) is 5.25. The fourth-order valence-corrected chi connectivity index (χ4v) is 1.10. The summed E-state index contributed by atoms with van der Waals surface area (Å²) in [6, 6.07) is 2.79. The lowest BCUT2D eigenvalue weighted by molar-refractivity contribution is 0.226. The summed E-state index contributed by atoms with van der Waals surface area (Å²) in [5.74, 6) is -1.61. The quantitative estimate of drug-likeness (QED) is 0.789. The molecule has 0 unspecified atom stereocenters. The molecule has 2 amide bonds.